The van der Waals surface area contributed by atoms with Gasteiger partial charge in [-0.3, -0.25) is 9.59 Å². The predicted octanol–water partition coefficient (Wildman–Crippen LogP) is 2.85. The molecule has 3 N–H and O–H groups in total. The molecule has 1 atom stereocenters. The summed E-state index contributed by atoms with van der Waals surface area (Å²) in [4.78, 5) is 23.4. The van der Waals surface area contributed by atoms with Gasteiger partial charge >= 0.3 is 0 Å². The van der Waals surface area contributed by atoms with Crippen LogP contribution in [0.4, 0.5) is 11.4 Å². The number of carbonyl (C=O) groups is 2. The van der Waals surface area contributed by atoms with E-state index in [-0.39, 0.29) is 24.3 Å². The summed E-state index contributed by atoms with van der Waals surface area (Å²) in [6.45, 7) is 1.51. The van der Waals surface area contributed by atoms with Crippen LogP contribution in [0.25, 0.3) is 0 Å². The van der Waals surface area contributed by atoms with Crippen LogP contribution in [0, 0.1) is 11.8 Å². The Labute approximate surface area is 152 Å². The van der Waals surface area contributed by atoms with Crippen molar-refractivity contribution >= 4 is 23.2 Å². The minimum Gasteiger partial charge on any atom is -0.395 e. The van der Waals surface area contributed by atoms with Gasteiger partial charge in [-0.2, -0.15) is 0 Å². The van der Waals surface area contributed by atoms with E-state index in [0.717, 1.165) is 22.4 Å². The monoisotopic (exact) mass is 348 g/mol. The molecule has 0 aromatic heterocycles. The molecule has 0 saturated heterocycles. The van der Waals surface area contributed by atoms with Crippen LogP contribution in [-0.4, -0.2) is 23.5 Å². The molecule has 2 amide bonds. The van der Waals surface area contributed by atoms with Crippen molar-refractivity contribution in [3.63, 3.8) is 0 Å². The van der Waals surface area contributed by atoms with Crippen LogP contribution in [0.1, 0.15) is 42.4 Å². The van der Waals surface area contributed by atoms with E-state index in [1.807, 2.05) is 36.4 Å². The number of hydrogen-bond donors (Lipinski definition) is 3. The molecule has 0 fully saturated rings. The lowest BCUT2D eigenvalue weighted by Gasteiger charge is -2.26. The van der Waals surface area contributed by atoms with Crippen LogP contribution in [-0.2, 0) is 9.59 Å². The first-order valence-corrected chi connectivity index (χ1v) is 8.48. The van der Waals surface area contributed by atoms with Crippen molar-refractivity contribution in [2.45, 2.75) is 25.7 Å². The number of rotatable bonds is 3. The molecule has 2 aromatic carbocycles. The summed E-state index contributed by atoms with van der Waals surface area (Å²) in [6.07, 6.45) is 0.830. The lowest BCUT2D eigenvalue weighted by Crippen LogP contribution is -2.23. The van der Waals surface area contributed by atoms with Gasteiger partial charge in [0.1, 0.15) is 0 Å². The van der Waals surface area contributed by atoms with Crippen molar-refractivity contribution in [3.05, 3.63) is 59.2 Å². The summed E-state index contributed by atoms with van der Waals surface area (Å²) < 4.78 is 0. The summed E-state index contributed by atoms with van der Waals surface area (Å²) in [5.41, 5.74) is 4.33. The predicted molar refractivity (Wildman–Crippen MR) is 101 cm³/mol. The Morgan fingerprint density at radius 1 is 1.27 bits per heavy atom. The topological polar surface area (TPSA) is 78.4 Å². The SMILES string of the molecule is CC(=O)Nc1ccc2c(c1)NC(=O)C[C@@H]2c1ccc(C#CCCO)cc1. The van der Waals surface area contributed by atoms with Gasteiger partial charge in [0, 0.05) is 42.6 Å². The number of fused-ring (bicyclic) bond motifs is 1. The highest BCUT2D eigenvalue weighted by molar-refractivity contribution is 5.97. The summed E-state index contributed by atoms with van der Waals surface area (Å²) >= 11 is 0. The van der Waals surface area contributed by atoms with E-state index in [2.05, 4.69) is 22.5 Å². The molecule has 0 unspecified atom stereocenters. The van der Waals surface area contributed by atoms with Crippen LogP contribution in [0.3, 0.4) is 0 Å². The third-order valence-electron chi connectivity index (χ3n) is 4.20. The van der Waals surface area contributed by atoms with Crippen LogP contribution in [0.2, 0.25) is 0 Å². The number of carbonyl (C=O) groups excluding carboxylic acids is 2. The van der Waals surface area contributed by atoms with Crippen molar-refractivity contribution in [2.24, 2.45) is 0 Å². The normalized spacial score (nSPS) is 15.3. The standard InChI is InChI=1S/C21H20N2O3/c1-14(25)22-17-9-10-18-19(13-21(26)23-20(18)12-17)16-7-5-15(6-8-16)4-2-3-11-24/h5-10,12,19,24H,3,11,13H2,1H3,(H,22,25)(H,23,26)/t19-/m1/s1. The van der Waals surface area contributed by atoms with Crippen LogP contribution < -0.4 is 10.6 Å². The van der Waals surface area contributed by atoms with E-state index < -0.39 is 0 Å². The zero-order valence-corrected chi connectivity index (χ0v) is 14.5. The number of nitrogens with one attached hydrogen (secondary N) is 2. The Balaban J connectivity index is 1.89. The number of aliphatic hydroxyl groups excluding tert-OH is 1. The highest BCUT2D eigenvalue weighted by atomic mass is 16.2. The van der Waals surface area contributed by atoms with Crippen molar-refractivity contribution in [2.75, 3.05) is 17.2 Å². The Morgan fingerprint density at radius 3 is 2.73 bits per heavy atom. The Kier molecular flexibility index (Phi) is 5.35. The Morgan fingerprint density at radius 2 is 2.04 bits per heavy atom. The number of aliphatic hydroxyl groups is 1. The van der Waals surface area contributed by atoms with Gasteiger partial charge in [0.15, 0.2) is 0 Å². The fraction of sp³-hybridized carbons (Fsp3) is 0.238. The lowest BCUT2D eigenvalue weighted by atomic mass is 9.84. The van der Waals surface area contributed by atoms with E-state index in [0.29, 0.717) is 18.5 Å². The number of anilines is 2. The van der Waals surface area contributed by atoms with Crippen LogP contribution in [0.15, 0.2) is 42.5 Å². The van der Waals surface area contributed by atoms with Crippen molar-refractivity contribution in [1.29, 1.82) is 0 Å². The highest BCUT2D eigenvalue weighted by Gasteiger charge is 2.26. The first kappa shape index (κ1) is 17.7. The molecule has 132 valence electrons. The van der Waals surface area contributed by atoms with Crippen molar-refractivity contribution in [3.8, 4) is 11.8 Å². The second-order valence-electron chi connectivity index (χ2n) is 6.19. The maximum absolute atomic E-state index is 12.1. The van der Waals surface area contributed by atoms with E-state index in [1.54, 1.807) is 6.07 Å². The summed E-state index contributed by atoms with van der Waals surface area (Å²) in [7, 11) is 0. The van der Waals surface area contributed by atoms with Crippen LogP contribution in [0.5, 0.6) is 0 Å². The van der Waals surface area contributed by atoms with Gasteiger partial charge < -0.3 is 15.7 Å². The van der Waals surface area contributed by atoms with Gasteiger partial charge in [-0.25, -0.2) is 0 Å². The molecule has 1 aliphatic rings. The van der Waals surface area contributed by atoms with Crippen molar-refractivity contribution in [1.82, 2.24) is 0 Å². The second-order valence-corrected chi connectivity index (χ2v) is 6.19. The fourth-order valence-electron chi connectivity index (χ4n) is 3.06. The molecular formula is C21H20N2O3. The summed E-state index contributed by atoms with van der Waals surface area (Å²) in [5, 5.41) is 14.4. The highest BCUT2D eigenvalue weighted by Crippen LogP contribution is 2.38. The van der Waals surface area contributed by atoms with Gasteiger partial charge in [0.05, 0.1) is 6.61 Å². The largest absolute Gasteiger partial charge is 0.395 e. The summed E-state index contributed by atoms with van der Waals surface area (Å²) in [5.74, 6) is 5.66. The molecule has 0 radical (unpaired) electrons. The zero-order valence-electron chi connectivity index (χ0n) is 14.5. The minimum atomic E-state index is -0.151. The van der Waals surface area contributed by atoms with Gasteiger partial charge in [0.2, 0.25) is 11.8 Å². The second kappa shape index (κ2) is 7.85. The first-order valence-electron chi connectivity index (χ1n) is 8.48. The molecule has 0 spiro atoms. The fourth-order valence-corrected chi connectivity index (χ4v) is 3.06. The third kappa shape index (κ3) is 4.11. The maximum Gasteiger partial charge on any atom is 0.225 e. The van der Waals surface area contributed by atoms with Gasteiger partial charge in [-0.15, -0.1) is 0 Å². The quantitative estimate of drug-likeness (QED) is 0.747. The molecule has 26 heavy (non-hydrogen) atoms. The van der Waals surface area contributed by atoms with E-state index >= 15 is 0 Å². The average molecular weight is 348 g/mol. The molecule has 1 aliphatic heterocycles. The number of amides is 2. The van der Waals surface area contributed by atoms with E-state index in [1.165, 1.54) is 6.92 Å². The number of hydrogen-bond acceptors (Lipinski definition) is 3. The van der Waals surface area contributed by atoms with Gasteiger partial charge in [-0.05, 0) is 35.4 Å². The lowest BCUT2D eigenvalue weighted by molar-refractivity contribution is -0.116. The Hall–Kier alpha value is -3.10. The molecular weight excluding hydrogens is 328 g/mol. The molecule has 0 saturated carbocycles. The maximum atomic E-state index is 12.1. The molecule has 5 nitrogen and oxygen atoms in total. The van der Waals surface area contributed by atoms with Crippen molar-refractivity contribution < 1.29 is 14.7 Å². The molecule has 0 bridgehead atoms. The molecule has 0 aliphatic carbocycles. The molecule has 5 heteroatoms. The molecule has 3 rings (SSSR count). The summed E-state index contributed by atoms with van der Waals surface area (Å²) in [6, 6.07) is 13.4. The number of benzene rings is 2. The van der Waals surface area contributed by atoms with Gasteiger partial charge in [-0.1, -0.05) is 30.0 Å². The molecule has 2 aromatic rings. The smallest absolute Gasteiger partial charge is 0.225 e. The van der Waals surface area contributed by atoms with E-state index in [9.17, 15) is 9.59 Å². The van der Waals surface area contributed by atoms with Crippen LogP contribution >= 0.6 is 0 Å². The van der Waals surface area contributed by atoms with E-state index in [4.69, 9.17) is 5.11 Å². The minimum absolute atomic E-state index is 0.0374. The van der Waals surface area contributed by atoms with Gasteiger partial charge in [0.25, 0.3) is 0 Å². The molecule has 1 heterocycles. The Bertz CT molecular complexity index is 892. The zero-order chi connectivity index (χ0) is 18.5. The first-order chi connectivity index (χ1) is 12.6. The third-order valence-corrected chi connectivity index (χ3v) is 4.20. The average Bonchev–Trinajstić information content (AvgIpc) is 2.61.